The summed E-state index contributed by atoms with van der Waals surface area (Å²) < 4.78 is 6.65. The maximum Gasteiger partial charge on any atom is 0.350 e. The number of ether oxygens (including phenoxy) is 1. The zero-order valence-electron chi connectivity index (χ0n) is 15.7. The lowest BCUT2D eigenvalue weighted by Gasteiger charge is -2.00. The van der Waals surface area contributed by atoms with Crippen molar-refractivity contribution in [1.29, 1.82) is 0 Å². The molecule has 0 radical (unpaired) electrons. The van der Waals surface area contributed by atoms with Gasteiger partial charge in [0.2, 0.25) is 11.0 Å². The van der Waals surface area contributed by atoms with Gasteiger partial charge in [-0.15, -0.1) is 11.3 Å². The molecule has 0 aromatic carbocycles. The number of aromatic nitrogens is 4. The molecular weight excluding hydrogens is 422 g/mol. The normalized spacial score (nSPS) is 10.9. The zero-order valence-corrected chi connectivity index (χ0v) is 18.1. The first kappa shape index (κ1) is 20.4. The van der Waals surface area contributed by atoms with Crippen molar-refractivity contribution in [3.63, 3.8) is 0 Å². The molecule has 0 bridgehead atoms. The molecule has 0 atom stereocenters. The molecule has 8 nitrogen and oxygen atoms in total. The lowest BCUT2D eigenvalue weighted by molar-refractivity contribution is -0.115. The Morgan fingerprint density at radius 1 is 1.25 bits per heavy atom. The molecule has 0 saturated heterocycles. The predicted octanol–water partition coefficient (Wildman–Crippen LogP) is 3.72. The minimum atomic E-state index is -0.439. The first-order valence-electron chi connectivity index (χ1n) is 8.41. The molecule has 3 aromatic heterocycles. The summed E-state index contributed by atoms with van der Waals surface area (Å²) in [6.45, 7) is 7.41. The van der Waals surface area contributed by atoms with Crippen molar-refractivity contribution in [2.45, 2.75) is 34.1 Å². The summed E-state index contributed by atoms with van der Waals surface area (Å²) >= 11 is 8.65. The van der Waals surface area contributed by atoms with E-state index in [9.17, 15) is 9.59 Å². The molecule has 0 spiro atoms. The van der Waals surface area contributed by atoms with Gasteiger partial charge in [0.1, 0.15) is 4.88 Å². The maximum atomic E-state index is 12.3. The average molecular weight is 440 g/mol. The van der Waals surface area contributed by atoms with Crippen LogP contribution in [0.1, 0.15) is 39.4 Å². The van der Waals surface area contributed by atoms with E-state index in [2.05, 4.69) is 20.4 Å². The van der Waals surface area contributed by atoms with E-state index >= 15 is 0 Å². The summed E-state index contributed by atoms with van der Waals surface area (Å²) in [7, 11) is 0. The topological polar surface area (TPSA) is 99.0 Å². The van der Waals surface area contributed by atoms with Gasteiger partial charge in [0.05, 0.1) is 40.8 Å². The monoisotopic (exact) mass is 439 g/mol. The molecule has 0 saturated carbocycles. The van der Waals surface area contributed by atoms with Gasteiger partial charge in [-0.25, -0.2) is 19.4 Å². The van der Waals surface area contributed by atoms with Crippen LogP contribution in [-0.4, -0.2) is 38.2 Å². The summed E-state index contributed by atoms with van der Waals surface area (Å²) in [5.74, 6) is -0.710. The molecule has 0 unspecified atom stereocenters. The van der Waals surface area contributed by atoms with Crippen molar-refractivity contribution >= 4 is 51.3 Å². The summed E-state index contributed by atoms with van der Waals surface area (Å²) in [6.07, 6.45) is 0.0803. The van der Waals surface area contributed by atoms with Crippen molar-refractivity contribution < 1.29 is 14.3 Å². The molecule has 0 aliphatic rings. The van der Waals surface area contributed by atoms with Crippen LogP contribution in [0, 0.1) is 20.8 Å². The van der Waals surface area contributed by atoms with E-state index in [4.69, 9.17) is 16.3 Å². The third-order valence-electron chi connectivity index (χ3n) is 3.77. The standard InChI is InChI=1S/C17H18ClN5O3S2/c1-5-26-15(25)14-9(3)19-16(28-14)21-12(24)6-11-7-27-17(20-11)23-10(4)13(18)8(2)22-23/h7H,5-6H2,1-4H3,(H,19,21,24). The Hall–Kier alpha value is -2.30. The summed E-state index contributed by atoms with van der Waals surface area (Å²) in [6, 6.07) is 0. The molecular formula is C17H18ClN5O3S2. The van der Waals surface area contributed by atoms with Crippen LogP contribution in [-0.2, 0) is 16.0 Å². The van der Waals surface area contributed by atoms with Crippen LogP contribution in [0.3, 0.4) is 0 Å². The van der Waals surface area contributed by atoms with E-state index in [-0.39, 0.29) is 18.9 Å². The molecule has 3 rings (SSSR count). The molecule has 148 valence electrons. The number of hydrogen-bond acceptors (Lipinski definition) is 8. The van der Waals surface area contributed by atoms with Crippen molar-refractivity contribution in [2.75, 3.05) is 11.9 Å². The van der Waals surface area contributed by atoms with Gasteiger partial charge in [-0.2, -0.15) is 5.10 Å². The first-order chi connectivity index (χ1) is 13.3. The highest BCUT2D eigenvalue weighted by Gasteiger charge is 2.19. The number of hydrogen-bond donors (Lipinski definition) is 1. The molecule has 3 aromatic rings. The SMILES string of the molecule is CCOC(=O)c1sc(NC(=O)Cc2csc(-n3nc(C)c(Cl)c3C)n2)nc1C. The number of aryl methyl sites for hydroxylation is 2. The van der Waals surface area contributed by atoms with Crippen LogP contribution in [0.15, 0.2) is 5.38 Å². The summed E-state index contributed by atoms with van der Waals surface area (Å²) in [4.78, 5) is 33.2. The van der Waals surface area contributed by atoms with E-state index in [0.717, 1.165) is 22.7 Å². The maximum absolute atomic E-state index is 12.3. The lowest BCUT2D eigenvalue weighted by Crippen LogP contribution is -2.14. The van der Waals surface area contributed by atoms with Gasteiger partial charge < -0.3 is 10.1 Å². The second-order valence-electron chi connectivity index (χ2n) is 5.90. The van der Waals surface area contributed by atoms with E-state index in [1.54, 1.807) is 23.9 Å². The Bertz CT molecular complexity index is 1040. The van der Waals surface area contributed by atoms with Crippen LogP contribution >= 0.6 is 34.3 Å². The number of anilines is 1. The average Bonchev–Trinajstić information content (AvgIpc) is 3.30. The molecule has 0 aliphatic carbocycles. The number of amides is 1. The fourth-order valence-corrected chi connectivity index (χ4v) is 4.27. The quantitative estimate of drug-likeness (QED) is 0.587. The minimum Gasteiger partial charge on any atom is -0.462 e. The Morgan fingerprint density at radius 3 is 2.64 bits per heavy atom. The molecule has 1 N–H and O–H groups in total. The number of thiazole rings is 2. The number of carbonyl (C=O) groups is 2. The summed E-state index contributed by atoms with van der Waals surface area (Å²) in [5.41, 5.74) is 2.66. The van der Waals surface area contributed by atoms with Gasteiger partial charge in [0.25, 0.3) is 0 Å². The number of esters is 1. The Balaban J connectivity index is 1.68. The number of rotatable bonds is 6. The van der Waals surface area contributed by atoms with Crippen LogP contribution in [0.5, 0.6) is 0 Å². The van der Waals surface area contributed by atoms with Gasteiger partial charge in [-0.3, -0.25) is 4.79 Å². The van der Waals surface area contributed by atoms with E-state index in [1.807, 2.05) is 13.8 Å². The number of nitrogens with zero attached hydrogens (tertiary/aromatic N) is 4. The van der Waals surface area contributed by atoms with Gasteiger partial charge >= 0.3 is 5.97 Å². The number of halogens is 1. The predicted molar refractivity (Wildman–Crippen MR) is 109 cm³/mol. The Morgan fingerprint density at radius 2 is 2.00 bits per heavy atom. The van der Waals surface area contributed by atoms with Crippen LogP contribution in [0.25, 0.3) is 5.13 Å². The lowest BCUT2D eigenvalue weighted by atomic mass is 10.3. The van der Waals surface area contributed by atoms with Gasteiger partial charge in [0.15, 0.2) is 5.13 Å². The van der Waals surface area contributed by atoms with Crippen molar-refractivity contribution in [3.05, 3.63) is 38.1 Å². The third-order valence-corrected chi connectivity index (χ3v) is 6.23. The third kappa shape index (κ3) is 4.23. The van der Waals surface area contributed by atoms with Crippen molar-refractivity contribution in [1.82, 2.24) is 19.7 Å². The highest BCUT2D eigenvalue weighted by molar-refractivity contribution is 7.17. The first-order valence-corrected chi connectivity index (χ1v) is 10.5. The van der Waals surface area contributed by atoms with Crippen molar-refractivity contribution in [3.8, 4) is 5.13 Å². The highest BCUT2D eigenvalue weighted by atomic mass is 35.5. The van der Waals surface area contributed by atoms with Crippen LogP contribution in [0.4, 0.5) is 5.13 Å². The van der Waals surface area contributed by atoms with Crippen LogP contribution in [0.2, 0.25) is 5.02 Å². The second-order valence-corrected chi connectivity index (χ2v) is 8.11. The number of nitrogens with one attached hydrogen (secondary N) is 1. The van der Waals surface area contributed by atoms with E-state index in [1.165, 1.54) is 11.3 Å². The fraction of sp³-hybridized carbons (Fsp3) is 0.353. The molecule has 11 heteroatoms. The number of carbonyl (C=O) groups excluding carboxylic acids is 2. The summed E-state index contributed by atoms with van der Waals surface area (Å²) in [5, 5.41) is 10.5. The van der Waals surface area contributed by atoms with Gasteiger partial charge in [-0.1, -0.05) is 22.9 Å². The molecule has 1 amide bonds. The zero-order chi connectivity index (χ0) is 20.4. The molecule has 0 aliphatic heterocycles. The van der Waals surface area contributed by atoms with E-state index in [0.29, 0.717) is 31.6 Å². The molecule has 0 fully saturated rings. The minimum absolute atomic E-state index is 0.0803. The highest BCUT2D eigenvalue weighted by Crippen LogP contribution is 2.25. The largest absolute Gasteiger partial charge is 0.462 e. The van der Waals surface area contributed by atoms with Crippen LogP contribution < -0.4 is 5.32 Å². The Labute approximate surface area is 174 Å². The Kier molecular flexibility index (Phi) is 6.11. The van der Waals surface area contributed by atoms with Crippen molar-refractivity contribution in [2.24, 2.45) is 0 Å². The smallest absolute Gasteiger partial charge is 0.350 e. The second kappa shape index (κ2) is 8.38. The van der Waals surface area contributed by atoms with Gasteiger partial charge in [-0.05, 0) is 27.7 Å². The van der Waals surface area contributed by atoms with E-state index < -0.39 is 5.97 Å². The molecule has 28 heavy (non-hydrogen) atoms. The van der Waals surface area contributed by atoms with Gasteiger partial charge in [0, 0.05) is 5.38 Å². The molecule has 3 heterocycles. The fourth-order valence-electron chi connectivity index (χ4n) is 2.45.